The van der Waals surface area contributed by atoms with Crippen molar-refractivity contribution in [3.63, 3.8) is 0 Å². The molecule has 1 heterocycles. The Hall–Kier alpha value is -1.84. The molecule has 0 atom stereocenters. The smallest absolute Gasteiger partial charge is 0.0693 e. The molecule has 3 rings (SSSR count). The molecule has 0 radical (unpaired) electrons. The summed E-state index contributed by atoms with van der Waals surface area (Å²) in [6, 6.07) is 21.3. The lowest BCUT2D eigenvalue weighted by Crippen LogP contribution is -2.52. The Morgan fingerprint density at radius 3 is 2.21 bits per heavy atom. The number of nitrogens with zero attached hydrogens (tertiary/aromatic N) is 1. The molecule has 0 aliphatic carbocycles. The van der Waals surface area contributed by atoms with Crippen molar-refractivity contribution in [2.75, 3.05) is 38.7 Å². The first-order chi connectivity index (χ1) is 11.8. The number of hydrogen-bond acceptors (Lipinski definition) is 3. The van der Waals surface area contributed by atoms with Crippen LogP contribution >= 0.6 is 0 Å². The molecule has 1 aliphatic rings. The number of hydrogen-bond donors (Lipinski definition) is 1. The van der Waals surface area contributed by atoms with Crippen LogP contribution in [0.5, 0.6) is 0 Å². The summed E-state index contributed by atoms with van der Waals surface area (Å²) in [5, 5.41) is 3.74. The molecular formula is C21H28N2O. The van der Waals surface area contributed by atoms with E-state index in [0.717, 1.165) is 45.5 Å². The van der Waals surface area contributed by atoms with E-state index in [9.17, 15) is 0 Å². The van der Waals surface area contributed by atoms with E-state index < -0.39 is 0 Å². The average molecular weight is 324 g/mol. The number of piperidine rings is 1. The summed E-state index contributed by atoms with van der Waals surface area (Å²) in [6.45, 7) is 4.14. The van der Waals surface area contributed by atoms with Crippen molar-refractivity contribution in [1.82, 2.24) is 4.90 Å². The van der Waals surface area contributed by atoms with Crippen molar-refractivity contribution < 1.29 is 4.74 Å². The standard InChI is InChI=1S/C21H28N2O/c1-24-18-21(22-20-10-6-3-7-11-20)13-16-23(17-14-21)15-12-19-8-4-2-5-9-19/h2-11,22H,12-18H2,1H3. The predicted molar refractivity (Wildman–Crippen MR) is 100 cm³/mol. The molecule has 1 saturated heterocycles. The zero-order valence-electron chi connectivity index (χ0n) is 14.6. The van der Waals surface area contributed by atoms with Crippen LogP contribution in [0.15, 0.2) is 60.7 Å². The first kappa shape index (κ1) is 17.0. The summed E-state index contributed by atoms with van der Waals surface area (Å²) >= 11 is 0. The molecular weight excluding hydrogens is 296 g/mol. The van der Waals surface area contributed by atoms with Crippen LogP contribution in [0.4, 0.5) is 5.69 Å². The molecule has 3 nitrogen and oxygen atoms in total. The van der Waals surface area contributed by atoms with Gasteiger partial charge in [0, 0.05) is 32.4 Å². The van der Waals surface area contributed by atoms with Crippen LogP contribution in [-0.2, 0) is 11.2 Å². The molecule has 0 saturated carbocycles. The van der Waals surface area contributed by atoms with Crippen molar-refractivity contribution in [3.8, 4) is 0 Å². The monoisotopic (exact) mass is 324 g/mol. The highest BCUT2D eigenvalue weighted by molar-refractivity contribution is 5.45. The summed E-state index contributed by atoms with van der Waals surface area (Å²) in [4.78, 5) is 2.58. The largest absolute Gasteiger partial charge is 0.382 e. The highest BCUT2D eigenvalue weighted by atomic mass is 16.5. The summed E-state index contributed by atoms with van der Waals surface area (Å²) in [5.74, 6) is 0. The Kier molecular flexibility index (Phi) is 5.89. The molecule has 0 bridgehead atoms. The fourth-order valence-electron chi connectivity index (χ4n) is 3.55. The number of likely N-dealkylation sites (tertiary alicyclic amines) is 1. The fraction of sp³-hybridized carbons (Fsp3) is 0.429. The first-order valence-corrected chi connectivity index (χ1v) is 8.88. The van der Waals surface area contributed by atoms with Crippen molar-refractivity contribution in [2.45, 2.75) is 24.8 Å². The van der Waals surface area contributed by atoms with Gasteiger partial charge in [-0.1, -0.05) is 48.5 Å². The third kappa shape index (κ3) is 4.59. The zero-order valence-corrected chi connectivity index (χ0v) is 14.6. The van der Waals surface area contributed by atoms with Gasteiger partial charge in [-0.15, -0.1) is 0 Å². The highest BCUT2D eigenvalue weighted by Crippen LogP contribution is 2.27. The maximum Gasteiger partial charge on any atom is 0.0693 e. The van der Waals surface area contributed by atoms with Gasteiger partial charge in [0.25, 0.3) is 0 Å². The SMILES string of the molecule is COCC1(Nc2ccccc2)CCN(CCc2ccccc2)CC1. The molecule has 1 fully saturated rings. The van der Waals surface area contributed by atoms with E-state index in [-0.39, 0.29) is 5.54 Å². The number of nitrogens with one attached hydrogen (secondary N) is 1. The van der Waals surface area contributed by atoms with E-state index in [4.69, 9.17) is 4.74 Å². The topological polar surface area (TPSA) is 24.5 Å². The average Bonchev–Trinajstić information content (AvgIpc) is 2.63. The first-order valence-electron chi connectivity index (χ1n) is 8.88. The van der Waals surface area contributed by atoms with Gasteiger partial charge < -0.3 is 15.0 Å². The number of benzene rings is 2. The maximum absolute atomic E-state index is 5.54. The van der Waals surface area contributed by atoms with E-state index in [1.165, 1.54) is 11.3 Å². The molecule has 3 heteroatoms. The van der Waals surface area contributed by atoms with Crippen molar-refractivity contribution in [2.24, 2.45) is 0 Å². The van der Waals surface area contributed by atoms with Gasteiger partial charge >= 0.3 is 0 Å². The van der Waals surface area contributed by atoms with Gasteiger partial charge in [0.15, 0.2) is 0 Å². The molecule has 2 aromatic rings. The molecule has 2 aromatic carbocycles. The van der Waals surface area contributed by atoms with Crippen molar-refractivity contribution in [1.29, 1.82) is 0 Å². The molecule has 0 unspecified atom stereocenters. The third-order valence-electron chi connectivity index (χ3n) is 4.98. The molecule has 0 spiro atoms. The van der Waals surface area contributed by atoms with E-state index >= 15 is 0 Å². The van der Waals surface area contributed by atoms with Crippen LogP contribution in [0.25, 0.3) is 0 Å². The number of methoxy groups -OCH3 is 1. The third-order valence-corrected chi connectivity index (χ3v) is 4.98. The number of anilines is 1. The number of rotatable bonds is 7. The van der Waals surface area contributed by atoms with Gasteiger partial charge in [-0.2, -0.15) is 0 Å². The Labute approximate surface area is 145 Å². The van der Waals surface area contributed by atoms with Crippen LogP contribution in [0, 0.1) is 0 Å². The van der Waals surface area contributed by atoms with Crippen molar-refractivity contribution in [3.05, 3.63) is 66.2 Å². The lowest BCUT2D eigenvalue weighted by atomic mass is 9.87. The quantitative estimate of drug-likeness (QED) is 0.838. The summed E-state index contributed by atoms with van der Waals surface area (Å²) in [7, 11) is 1.80. The van der Waals surface area contributed by atoms with Gasteiger partial charge in [-0.05, 0) is 37.0 Å². The Morgan fingerprint density at radius 1 is 0.958 bits per heavy atom. The minimum atomic E-state index is 0.0549. The summed E-state index contributed by atoms with van der Waals surface area (Å²) < 4.78 is 5.54. The minimum absolute atomic E-state index is 0.0549. The maximum atomic E-state index is 5.54. The molecule has 1 aliphatic heterocycles. The fourth-order valence-corrected chi connectivity index (χ4v) is 3.55. The van der Waals surface area contributed by atoms with Crippen molar-refractivity contribution >= 4 is 5.69 Å². The number of para-hydroxylation sites is 1. The second-order valence-electron chi connectivity index (χ2n) is 6.78. The second-order valence-corrected chi connectivity index (χ2v) is 6.78. The molecule has 0 aromatic heterocycles. The molecule has 24 heavy (non-hydrogen) atoms. The second kappa shape index (κ2) is 8.32. The van der Waals surface area contributed by atoms with E-state index in [2.05, 4.69) is 70.9 Å². The van der Waals surface area contributed by atoms with Gasteiger partial charge in [-0.3, -0.25) is 0 Å². The lowest BCUT2D eigenvalue weighted by Gasteiger charge is -2.42. The minimum Gasteiger partial charge on any atom is -0.382 e. The lowest BCUT2D eigenvalue weighted by molar-refractivity contribution is 0.0891. The molecule has 1 N–H and O–H groups in total. The molecule has 128 valence electrons. The summed E-state index contributed by atoms with van der Waals surface area (Å²) in [5.41, 5.74) is 2.67. The van der Waals surface area contributed by atoms with Gasteiger partial charge in [0.2, 0.25) is 0 Å². The van der Waals surface area contributed by atoms with Crippen LogP contribution in [-0.4, -0.2) is 43.8 Å². The van der Waals surface area contributed by atoms with Crippen LogP contribution in [0.2, 0.25) is 0 Å². The van der Waals surface area contributed by atoms with Gasteiger partial charge in [-0.25, -0.2) is 0 Å². The Bertz CT molecular complexity index is 592. The Morgan fingerprint density at radius 2 is 1.58 bits per heavy atom. The predicted octanol–water partition coefficient (Wildman–Crippen LogP) is 3.82. The van der Waals surface area contributed by atoms with Gasteiger partial charge in [0.1, 0.15) is 0 Å². The zero-order chi connectivity index (χ0) is 16.7. The van der Waals surface area contributed by atoms with Crippen LogP contribution in [0.1, 0.15) is 18.4 Å². The number of ether oxygens (including phenoxy) is 1. The molecule has 0 amide bonds. The normalized spacial score (nSPS) is 17.5. The van der Waals surface area contributed by atoms with Crippen LogP contribution < -0.4 is 5.32 Å². The van der Waals surface area contributed by atoms with E-state index in [0.29, 0.717) is 0 Å². The highest BCUT2D eigenvalue weighted by Gasteiger charge is 2.34. The van der Waals surface area contributed by atoms with E-state index in [1.54, 1.807) is 7.11 Å². The van der Waals surface area contributed by atoms with Gasteiger partial charge in [0.05, 0.1) is 12.1 Å². The summed E-state index contributed by atoms with van der Waals surface area (Å²) in [6.07, 6.45) is 3.36. The van der Waals surface area contributed by atoms with Crippen LogP contribution in [0.3, 0.4) is 0 Å². The Balaban J connectivity index is 1.54. The van der Waals surface area contributed by atoms with E-state index in [1.807, 2.05) is 0 Å².